The average molecular weight is 409 g/mol. The molecule has 0 spiro atoms. The zero-order chi connectivity index (χ0) is 20.7. The molecule has 6 heteroatoms. The van der Waals surface area contributed by atoms with E-state index in [1.807, 2.05) is 36.6 Å². The van der Waals surface area contributed by atoms with E-state index in [2.05, 4.69) is 66.7 Å². The lowest BCUT2D eigenvalue weighted by atomic mass is 9.95. The lowest BCUT2D eigenvalue weighted by Gasteiger charge is -2.17. The van der Waals surface area contributed by atoms with Gasteiger partial charge in [0.25, 0.3) is 0 Å². The number of benzene rings is 3. The Bertz CT molecular complexity index is 1030. The molecule has 0 atom stereocenters. The first-order valence-corrected chi connectivity index (χ1v) is 9.89. The van der Waals surface area contributed by atoms with Crippen LogP contribution in [0.2, 0.25) is 0 Å². The topological polar surface area (TPSA) is 104 Å². The van der Waals surface area contributed by atoms with Gasteiger partial charge in [-0.3, -0.25) is 0 Å². The van der Waals surface area contributed by atoms with Crippen LogP contribution in [0.15, 0.2) is 108 Å². The molecule has 4 aromatic rings. The molecule has 0 bridgehead atoms. The minimum Gasteiger partial charge on any atom is -0.222 e. The third-order valence-electron chi connectivity index (χ3n) is 4.10. The molecule has 0 fully saturated rings. The Kier molecular flexibility index (Phi) is 6.72. The molecule has 0 aliphatic heterocycles. The first kappa shape index (κ1) is 20.7. The second-order valence-electron chi connectivity index (χ2n) is 6.05. The van der Waals surface area contributed by atoms with Crippen LogP contribution in [-0.4, -0.2) is 0 Å². The van der Waals surface area contributed by atoms with E-state index in [0.717, 1.165) is 22.5 Å². The van der Waals surface area contributed by atoms with Crippen molar-refractivity contribution in [1.29, 1.82) is 0 Å². The van der Waals surface area contributed by atoms with Crippen LogP contribution < -0.4 is 18.6 Å². The number of halogens is 1. The van der Waals surface area contributed by atoms with E-state index in [1.165, 1.54) is 11.1 Å². The van der Waals surface area contributed by atoms with E-state index in [0.29, 0.717) is 0 Å². The van der Waals surface area contributed by atoms with Crippen LogP contribution in [0, 0.1) is 10.2 Å². The molecule has 146 valence electrons. The Morgan fingerprint density at radius 2 is 0.897 bits per heavy atom. The summed E-state index contributed by atoms with van der Waals surface area (Å²) in [7, 11) is -4.94. The Morgan fingerprint density at radius 1 is 0.517 bits per heavy atom. The van der Waals surface area contributed by atoms with Crippen molar-refractivity contribution in [2.75, 3.05) is 0 Å². The Morgan fingerprint density at radius 3 is 1.34 bits per heavy atom. The minimum atomic E-state index is -4.94. The van der Waals surface area contributed by atoms with E-state index in [-0.39, 0.29) is 0 Å². The van der Waals surface area contributed by atoms with Gasteiger partial charge in [0.2, 0.25) is 0 Å². The van der Waals surface area contributed by atoms with Crippen LogP contribution >= 0.6 is 0 Å². The zero-order valence-corrected chi connectivity index (χ0v) is 16.0. The van der Waals surface area contributed by atoms with Crippen molar-refractivity contribution in [2.24, 2.45) is 0 Å². The molecule has 1 heterocycles. The molecule has 0 saturated heterocycles. The first-order chi connectivity index (χ1) is 13.9. The lowest BCUT2D eigenvalue weighted by Crippen LogP contribution is -2.68. The fourth-order valence-electron chi connectivity index (χ4n) is 2.88. The van der Waals surface area contributed by atoms with Crippen LogP contribution in [0.4, 0.5) is 0 Å². The molecule has 0 aliphatic rings. The molecule has 0 amide bonds. The van der Waals surface area contributed by atoms with Crippen molar-refractivity contribution in [3.63, 3.8) is 0 Å². The molecule has 1 aromatic heterocycles. The summed E-state index contributed by atoms with van der Waals surface area (Å²) in [5.41, 5.74) is 5.69. The standard InChI is InChI=1S/C23H17O.ClHO4/c1-4-10-18(11-5-1)21-16-23(20-14-8-3-9-15-20)24-17-22(21)19-12-6-2-7-13-19;2-1(3,4)5/h1-17H;(H,2,3,4,5)/q+1;/p-1. The second kappa shape index (κ2) is 9.43. The number of hydrogen-bond donors (Lipinski definition) is 0. The van der Waals surface area contributed by atoms with Crippen LogP contribution in [0.5, 0.6) is 0 Å². The highest BCUT2D eigenvalue weighted by molar-refractivity contribution is 5.84. The van der Waals surface area contributed by atoms with Crippen LogP contribution in [0.1, 0.15) is 0 Å². The summed E-state index contributed by atoms with van der Waals surface area (Å²) in [4.78, 5) is 0. The van der Waals surface area contributed by atoms with Gasteiger partial charge >= 0.3 is 12.0 Å². The van der Waals surface area contributed by atoms with Gasteiger partial charge in [-0.1, -0.05) is 78.9 Å². The Labute approximate surface area is 170 Å². The minimum absolute atomic E-state index is 0.870. The van der Waals surface area contributed by atoms with Crippen LogP contribution in [-0.2, 0) is 0 Å². The molecular formula is C23H17ClO5. The van der Waals surface area contributed by atoms with Crippen molar-refractivity contribution < 1.29 is 33.3 Å². The molecule has 0 N–H and O–H groups in total. The van der Waals surface area contributed by atoms with Gasteiger partial charge in [0.15, 0.2) is 0 Å². The fourth-order valence-corrected chi connectivity index (χ4v) is 2.88. The SMILES string of the molecule is [O-][Cl+3]([O-])([O-])[O-].c1ccc(-c2cc(-c3ccccc3)c(-c3ccccc3)c[o+]2)cc1. The zero-order valence-electron chi connectivity index (χ0n) is 15.2. The Hall–Kier alpha value is -3.06. The van der Waals surface area contributed by atoms with Crippen molar-refractivity contribution >= 4 is 0 Å². The second-order valence-corrected chi connectivity index (χ2v) is 6.80. The smallest absolute Gasteiger partial charge is 0.222 e. The summed E-state index contributed by atoms with van der Waals surface area (Å²) in [5, 5.41) is 0. The maximum atomic E-state index is 8.49. The van der Waals surface area contributed by atoms with Gasteiger partial charge < -0.3 is 0 Å². The van der Waals surface area contributed by atoms with Gasteiger partial charge in [-0.15, -0.1) is 10.2 Å². The van der Waals surface area contributed by atoms with Gasteiger partial charge in [-0.05, 0) is 23.3 Å². The summed E-state index contributed by atoms with van der Waals surface area (Å²) >= 11 is 0. The van der Waals surface area contributed by atoms with E-state index < -0.39 is 10.2 Å². The molecule has 3 aromatic carbocycles. The van der Waals surface area contributed by atoms with Crippen molar-refractivity contribution in [1.82, 2.24) is 0 Å². The predicted octanol–water partition coefficient (Wildman–Crippen LogP) is 1.81. The van der Waals surface area contributed by atoms with E-state index in [4.69, 9.17) is 23.1 Å². The number of hydrogen-bond acceptors (Lipinski definition) is 4. The summed E-state index contributed by atoms with van der Waals surface area (Å²) in [5.74, 6) is 0.870. The maximum Gasteiger partial charge on any atom is 0.360 e. The molecule has 29 heavy (non-hydrogen) atoms. The largest absolute Gasteiger partial charge is 0.360 e. The number of rotatable bonds is 3. The highest BCUT2D eigenvalue weighted by Crippen LogP contribution is 2.35. The van der Waals surface area contributed by atoms with E-state index in [9.17, 15) is 0 Å². The summed E-state index contributed by atoms with van der Waals surface area (Å²) in [6.07, 6.45) is 1.86. The normalized spacial score (nSPS) is 10.8. The van der Waals surface area contributed by atoms with E-state index >= 15 is 0 Å². The Balaban J connectivity index is 0.000000431. The van der Waals surface area contributed by atoms with Gasteiger partial charge in [-0.25, -0.2) is 23.1 Å². The van der Waals surface area contributed by atoms with Crippen molar-refractivity contribution in [3.05, 3.63) is 103 Å². The summed E-state index contributed by atoms with van der Waals surface area (Å²) in [6.45, 7) is 0. The van der Waals surface area contributed by atoms with E-state index in [1.54, 1.807) is 0 Å². The predicted molar refractivity (Wildman–Crippen MR) is 99.4 cm³/mol. The van der Waals surface area contributed by atoms with Crippen molar-refractivity contribution in [2.45, 2.75) is 0 Å². The highest BCUT2D eigenvalue weighted by atomic mass is 35.7. The molecule has 0 saturated carbocycles. The molecule has 0 aliphatic carbocycles. The van der Waals surface area contributed by atoms with Gasteiger partial charge in [0.1, 0.15) is 0 Å². The maximum absolute atomic E-state index is 8.49. The monoisotopic (exact) mass is 408 g/mol. The molecular weight excluding hydrogens is 392 g/mol. The van der Waals surface area contributed by atoms with Gasteiger partial charge in [0.05, 0.1) is 17.2 Å². The van der Waals surface area contributed by atoms with Crippen LogP contribution in [0.25, 0.3) is 33.6 Å². The van der Waals surface area contributed by atoms with Gasteiger partial charge in [-0.2, -0.15) is 0 Å². The molecule has 4 rings (SSSR count). The third-order valence-corrected chi connectivity index (χ3v) is 4.10. The lowest BCUT2D eigenvalue weighted by molar-refractivity contribution is -2.00. The molecule has 0 radical (unpaired) electrons. The van der Waals surface area contributed by atoms with Crippen molar-refractivity contribution in [3.8, 4) is 33.6 Å². The van der Waals surface area contributed by atoms with Crippen LogP contribution in [0.3, 0.4) is 0 Å². The molecule has 0 unspecified atom stereocenters. The summed E-state index contributed by atoms with van der Waals surface area (Å²) in [6, 6.07) is 33.1. The highest BCUT2D eigenvalue weighted by Gasteiger charge is 2.18. The average Bonchev–Trinajstić information content (AvgIpc) is 2.74. The third kappa shape index (κ3) is 6.22. The molecule has 5 nitrogen and oxygen atoms in total. The van der Waals surface area contributed by atoms with Gasteiger partial charge in [0, 0.05) is 5.56 Å². The summed E-state index contributed by atoms with van der Waals surface area (Å²) < 4.78 is 39.9. The fraction of sp³-hybridized carbons (Fsp3) is 0. The first-order valence-electron chi connectivity index (χ1n) is 8.66. The quantitative estimate of drug-likeness (QED) is 0.481.